The van der Waals surface area contributed by atoms with Gasteiger partial charge in [0.25, 0.3) is 0 Å². The first-order valence-electron chi connectivity index (χ1n) is 12.5. The van der Waals surface area contributed by atoms with E-state index in [1.165, 1.54) is 16.7 Å². The number of benzene rings is 4. The first-order valence-corrected chi connectivity index (χ1v) is 13.3. The number of hydrogen-bond acceptors (Lipinski definition) is 6. The van der Waals surface area contributed by atoms with Crippen molar-refractivity contribution >= 4 is 52.0 Å². The lowest BCUT2D eigenvalue weighted by Crippen LogP contribution is -2.31. The fourth-order valence-electron chi connectivity index (χ4n) is 4.48. The SMILES string of the molecule is O=C(Cc1ccccc1)Nc1ccc(SC2CC(=O)N(c3ccc(-c4nc5ccccc5o4)cc3)C2=O)cc1. The molecule has 2 heterocycles. The summed E-state index contributed by atoms with van der Waals surface area (Å²) in [7, 11) is 0. The highest BCUT2D eigenvalue weighted by atomic mass is 32.2. The number of rotatable bonds is 7. The highest BCUT2D eigenvalue weighted by Gasteiger charge is 2.40. The van der Waals surface area contributed by atoms with Gasteiger partial charge < -0.3 is 9.73 Å². The van der Waals surface area contributed by atoms with Gasteiger partial charge in [-0.25, -0.2) is 9.88 Å². The molecule has 1 aliphatic heterocycles. The maximum absolute atomic E-state index is 13.2. The molecule has 0 radical (unpaired) electrons. The molecular weight excluding hydrogens is 510 g/mol. The quantitative estimate of drug-likeness (QED) is 0.254. The van der Waals surface area contributed by atoms with E-state index in [0.29, 0.717) is 29.3 Å². The zero-order chi connectivity index (χ0) is 26.8. The summed E-state index contributed by atoms with van der Waals surface area (Å²) in [6.45, 7) is 0. The van der Waals surface area contributed by atoms with Crippen LogP contribution in [0.2, 0.25) is 0 Å². The van der Waals surface area contributed by atoms with Gasteiger partial charge in [0.15, 0.2) is 5.58 Å². The van der Waals surface area contributed by atoms with E-state index in [9.17, 15) is 14.4 Å². The molecule has 192 valence electrons. The van der Waals surface area contributed by atoms with Crippen LogP contribution in [0, 0.1) is 0 Å². The van der Waals surface area contributed by atoms with Crippen molar-refractivity contribution in [2.45, 2.75) is 23.0 Å². The summed E-state index contributed by atoms with van der Waals surface area (Å²) in [5.74, 6) is -0.109. The van der Waals surface area contributed by atoms with Gasteiger partial charge in [-0.05, 0) is 66.2 Å². The molecule has 4 aromatic carbocycles. The van der Waals surface area contributed by atoms with E-state index in [4.69, 9.17) is 4.42 Å². The molecule has 39 heavy (non-hydrogen) atoms. The lowest BCUT2D eigenvalue weighted by atomic mass is 10.1. The van der Waals surface area contributed by atoms with Crippen molar-refractivity contribution in [3.8, 4) is 11.5 Å². The van der Waals surface area contributed by atoms with Crippen LogP contribution in [0.4, 0.5) is 11.4 Å². The van der Waals surface area contributed by atoms with Crippen LogP contribution >= 0.6 is 11.8 Å². The molecule has 0 saturated carbocycles. The summed E-state index contributed by atoms with van der Waals surface area (Å²) in [4.78, 5) is 44.9. The molecular formula is C31H23N3O4S. The van der Waals surface area contributed by atoms with Crippen LogP contribution in [0.3, 0.4) is 0 Å². The number of aromatic nitrogens is 1. The average Bonchev–Trinajstić information content (AvgIpc) is 3.50. The molecule has 0 bridgehead atoms. The first kappa shape index (κ1) is 24.6. The Morgan fingerprint density at radius 3 is 2.36 bits per heavy atom. The molecule has 1 saturated heterocycles. The molecule has 1 aliphatic rings. The minimum Gasteiger partial charge on any atom is -0.436 e. The third kappa shape index (κ3) is 5.32. The van der Waals surface area contributed by atoms with Gasteiger partial charge in [0.05, 0.1) is 17.4 Å². The summed E-state index contributed by atoms with van der Waals surface area (Å²) < 4.78 is 5.82. The Hall–Kier alpha value is -4.69. The summed E-state index contributed by atoms with van der Waals surface area (Å²) in [6, 6.07) is 31.4. The molecule has 1 unspecified atom stereocenters. The number of carbonyl (C=O) groups excluding carboxylic acids is 3. The third-order valence-electron chi connectivity index (χ3n) is 6.40. The Morgan fingerprint density at radius 1 is 0.897 bits per heavy atom. The number of amides is 3. The van der Waals surface area contributed by atoms with E-state index in [1.807, 2.05) is 66.7 Å². The summed E-state index contributed by atoms with van der Waals surface area (Å²) >= 11 is 1.34. The number of fused-ring (bicyclic) bond motifs is 1. The highest BCUT2D eigenvalue weighted by Crippen LogP contribution is 2.35. The predicted octanol–water partition coefficient (Wildman–Crippen LogP) is 6.10. The highest BCUT2D eigenvalue weighted by molar-refractivity contribution is 8.00. The summed E-state index contributed by atoms with van der Waals surface area (Å²) in [5, 5.41) is 2.37. The second-order valence-electron chi connectivity index (χ2n) is 9.15. The monoisotopic (exact) mass is 533 g/mol. The number of carbonyl (C=O) groups is 3. The van der Waals surface area contributed by atoms with Crippen molar-refractivity contribution in [3.63, 3.8) is 0 Å². The van der Waals surface area contributed by atoms with Crippen LogP contribution < -0.4 is 10.2 Å². The molecule has 1 N–H and O–H groups in total. The van der Waals surface area contributed by atoms with E-state index in [0.717, 1.165) is 21.5 Å². The fraction of sp³-hybridized carbons (Fsp3) is 0.0968. The molecule has 1 aromatic heterocycles. The normalized spacial score (nSPS) is 15.2. The summed E-state index contributed by atoms with van der Waals surface area (Å²) in [6.07, 6.45) is 0.410. The van der Waals surface area contributed by atoms with Crippen molar-refractivity contribution in [2.75, 3.05) is 10.2 Å². The predicted molar refractivity (Wildman–Crippen MR) is 151 cm³/mol. The zero-order valence-corrected chi connectivity index (χ0v) is 21.6. The number of imide groups is 1. The lowest BCUT2D eigenvalue weighted by molar-refractivity contribution is -0.121. The van der Waals surface area contributed by atoms with Crippen LogP contribution in [-0.4, -0.2) is 28.0 Å². The largest absolute Gasteiger partial charge is 0.436 e. The van der Waals surface area contributed by atoms with Crippen molar-refractivity contribution in [3.05, 3.63) is 109 Å². The number of nitrogens with one attached hydrogen (secondary N) is 1. The maximum Gasteiger partial charge on any atom is 0.247 e. The number of oxazole rings is 1. The van der Waals surface area contributed by atoms with Gasteiger partial charge in [0.2, 0.25) is 23.6 Å². The van der Waals surface area contributed by atoms with Gasteiger partial charge in [-0.1, -0.05) is 42.5 Å². The van der Waals surface area contributed by atoms with Gasteiger partial charge in [0, 0.05) is 22.6 Å². The maximum atomic E-state index is 13.2. The van der Waals surface area contributed by atoms with E-state index in [1.54, 1.807) is 36.4 Å². The molecule has 7 nitrogen and oxygen atoms in total. The Balaban J connectivity index is 1.09. The van der Waals surface area contributed by atoms with Crippen molar-refractivity contribution in [2.24, 2.45) is 0 Å². The molecule has 6 rings (SSSR count). The topological polar surface area (TPSA) is 92.5 Å². The van der Waals surface area contributed by atoms with Crippen molar-refractivity contribution in [1.82, 2.24) is 4.98 Å². The lowest BCUT2D eigenvalue weighted by Gasteiger charge is -2.15. The zero-order valence-electron chi connectivity index (χ0n) is 20.7. The number of nitrogens with zero attached hydrogens (tertiary/aromatic N) is 2. The number of para-hydroxylation sites is 2. The molecule has 1 fully saturated rings. The van der Waals surface area contributed by atoms with Gasteiger partial charge in [0.1, 0.15) is 5.52 Å². The first-order chi connectivity index (χ1) is 19.0. The summed E-state index contributed by atoms with van der Waals surface area (Å²) in [5.41, 5.74) is 4.36. The number of hydrogen-bond donors (Lipinski definition) is 1. The molecule has 8 heteroatoms. The number of anilines is 2. The van der Waals surface area contributed by atoms with E-state index in [2.05, 4.69) is 10.3 Å². The smallest absolute Gasteiger partial charge is 0.247 e. The van der Waals surface area contributed by atoms with Gasteiger partial charge in [-0.15, -0.1) is 11.8 Å². The van der Waals surface area contributed by atoms with Crippen LogP contribution in [0.5, 0.6) is 0 Å². The Morgan fingerprint density at radius 2 is 1.62 bits per heavy atom. The van der Waals surface area contributed by atoms with Crippen LogP contribution in [0.15, 0.2) is 112 Å². The standard InChI is InChI=1S/C31H23N3O4S/c35-28(18-20-6-2-1-3-7-20)32-22-12-16-24(17-13-22)39-27-19-29(36)34(31(27)37)23-14-10-21(11-15-23)30-33-25-8-4-5-9-26(25)38-30/h1-17,27H,18-19H2,(H,32,35). The molecule has 3 amide bonds. The van der Waals surface area contributed by atoms with Crippen LogP contribution in [-0.2, 0) is 20.8 Å². The average molecular weight is 534 g/mol. The van der Waals surface area contributed by atoms with E-state index in [-0.39, 0.29) is 24.1 Å². The fourth-order valence-corrected chi connectivity index (χ4v) is 5.54. The van der Waals surface area contributed by atoms with Gasteiger partial charge in [-0.2, -0.15) is 0 Å². The minimum atomic E-state index is -0.521. The van der Waals surface area contributed by atoms with Gasteiger partial charge >= 0.3 is 0 Å². The van der Waals surface area contributed by atoms with Crippen molar-refractivity contribution in [1.29, 1.82) is 0 Å². The van der Waals surface area contributed by atoms with E-state index >= 15 is 0 Å². The second kappa shape index (κ2) is 10.6. The van der Waals surface area contributed by atoms with Crippen LogP contribution in [0.1, 0.15) is 12.0 Å². The number of thioether (sulfide) groups is 1. The molecule has 1 atom stereocenters. The van der Waals surface area contributed by atoms with Gasteiger partial charge in [-0.3, -0.25) is 14.4 Å². The Bertz CT molecular complexity index is 1630. The van der Waals surface area contributed by atoms with Crippen LogP contribution in [0.25, 0.3) is 22.6 Å². The molecule has 0 aliphatic carbocycles. The second-order valence-corrected chi connectivity index (χ2v) is 10.4. The molecule has 0 spiro atoms. The van der Waals surface area contributed by atoms with Crippen molar-refractivity contribution < 1.29 is 18.8 Å². The minimum absolute atomic E-state index is 0.101. The molecule has 5 aromatic rings. The third-order valence-corrected chi connectivity index (χ3v) is 7.59. The Kier molecular flexibility index (Phi) is 6.69. The van der Waals surface area contributed by atoms with E-state index < -0.39 is 5.25 Å². The Labute approximate surface area is 228 Å².